The van der Waals surface area contributed by atoms with Crippen LogP contribution in [0.1, 0.15) is 45.1 Å². The van der Waals surface area contributed by atoms with Crippen molar-refractivity contribution in [3.63, 3.8) is 0 Å². The highest BCUT2D eigenvalue weighted by Gasteiger charge is 2.39. The normalized spacial score (nSPS) is 21.2. The number of carbonyl (C=O) groups is 1. The van der Waals surface area contributed by atoms with Gasteiger partial charge < -0.3 is 10.6 Å². The van der Waals surface area contributed by atoms with Gasteiger partial charge in [0.1, 0.15) is 0 Å². The highest BCUT2D eigenvalue weighted by atomic mass is 16.2. The van der Waals surface area contributed by atoms with Crippen molar-refractivity contribution in [3.05, 3.63) is 29.8 Å². The minimum Gasteiger partial charge on any atom is -0.330 e. The first-order valence-electron chi connectivity index (χ1n) is 8.47. The Hall–Kier alpha value is -1.55. The number of carbonyl (C=O) groups excluding carboxylic acids is 1. The van der Waals surface area contributed by atoms with Crippen molar-refractivity contribution in [2.24, 2.45) is 5.73 Å². The Bertz CT molecular complexity index is 549. The second-order valence-corrected chi connectivity index (χ2v) is 6.93. The van der Waals surface area contributed by atoms with Crippen LogP contribution >= 0.6 is 0 Å². The van der Waals surface area contributed by atoms with Crippen LogP contribution in [0.3, 0.4) is 0 Å². The van der Waals surface area contributed by atoms with E-state index in [1.165, 1.54) is 18.4 Å². The van der Waals surface area contributed by atoms with Crippen molar-refractivity contribution in [1.29, 1.82) is 0 Å². The lowest BCUT2D eigenvalue weighted by Crippen LogP contribution is -2.38. The van der Waals surface area contributed by atoms with Crippen LogP contribution in [-0.4, -0.2) is 36.6 Å². The Kier molecular flexibility index (Phi) is 4.13. The van der Waals surface area contributed by atoms with Gasteiger partial charge in [-0.1, -0.05) is 31.0 Å². The molecule has 2 fully saturated rings. The van der Waals surface area contributed by atoms with Gasteiger partial charge in [-0.3, -0.25) is 4.90 Å². The van der Waals surface area contributed by atoms with Gasteiger partial charge in [0.15, 0.2) is 0 Å². The molecule has 0 spiro atoms. The van der Waals surface area contributed by atoms with Gasteiger partial charge in [0.2, 0.25) is 0 Å². The van der Waals surface area contributed by atoms with Crippen molar-refractivity contribution < 1.29 is 4.79 Å². The third-order valence-electron chi connectivity index (χ3n) is 5.38. The largest absolute Gasteiger partial charge is 0.330 e. The number of para-hydroxylation sites is 1. The lowest BCUT2D eigenvalue weighted by molar-refractivity contribution is 0.209. The number of amides is 2. The molecule has 1 saturated heterocycles. The van der Waals surface area contributed by atoms with Crippen LogP contribution in [0.15, 0.2) is 24.3 Å². The van der Waals surface area contributed by atoms with E-state index in [-0.39, 0.29) is 17.5 Å². The van der Waals surface area contributed by atoms with Crippen molar-refractivity contribution in [2.45, 2.75) is 51.0 Å². The zero-order chi connectivity index (χ0) is 15.7. The van der Waals surface area contributed by atoms with E-state index in [1.54, 1.807) is 0 Å². The number of rotatable bonds is 4. The Labute approximate surface area is 133 Å². The summed E-state index contributed by atoms with van der Waals surface area (Å²) in [6, 6.07) is 8.76. The van der Waals surface area contributed by atoms with E-state index in [0.29, 0.717) is 6.54 Å². The summed E-state index contributed by atoms with van der Waals surface area (Å²) < 4.78 is 0. The molecule has 4 nitrogen and oxygen atoms in total. The van der Waals surface area contributed by atoms with Crippen molar-refractivity contribution in [2.75, 3.05) is 24.5 Å². The molecule has 4 heteroatoms. The van der Waals surface area contributed by atoms with Gasteiger partial charge in [0, 0.05) is 36.8 Å². The van der Waals surface area contributed by atoms with Crippen LogP contribution in [-0.2, 0) is 5.41 Å². The molecule has 0 radical (unpaired) electrons. The number of nitrogens with two attached hydrogens (primary N) is 1. The van der Waals surface area contributed by atoms with Crippen molar-refractivity contribution >= 4 is 11.7 Å². The summed E-state index contributed by atoms with van der Waals surface area (Å²) >= 11 is 0. The summed E-state index contributed by atoms with van der Waals surface area (Å²) in [4.78, 5) is 16.6. The second-order valence-electron chi connectivity index (χ2n) is 6.93. The van der Waals surface area contributed by atoms with Gasteiger partial charge >= 0.3 is 6.03 Å². The quantitative estimate of drug-likeness (QED) is 0.929. The molecule has 0 bridgehead atoms. The van der Waals surface area contributed by atoms with Gasteiger partial charge in [-0.2, -0.15) is 0 Å². The molecule has 120 valence electrons. The fourth-order valence-corrected chi connectivity index (χ4v) is 4.05. The van der Waals surface area contributed by atoms with Crippen molar-refractivity contribution in [3.8, 4) is 0 Å². The average molecular weight is 301 g/mol. The Morgan fingerprint density at radius 3 is 2.45 bits per heavy atom. The van der Waals surface area contributed by atoms with Gasteiger partial charge in [0.05, 0.1) is 0 Å². The highest BCUT2D eigenvalue weighted by molar-refractivity contribution is 5.95. The van der Waals surface area contributed by atoms with Gasteiger partial charge in [0.25, 0.3) is 0 Å². The van der Waals surface area contributed by atoms with E-state index < -0.39 is 0 Å². The molecule has 1 heterocycles. The lowest BCUT2D eigenvalue weighted by atomic mass is 9.78. The third kappa shape index (κ3) is 2.39. The van der Waals surface area contributed by atoms with Crippen LogP contribution < -0.4 is 10.6 Å². The number of benzene rings is 1. The molecule has 0 aromatic heterocycles. The van der Waals surface area contributed by atoms with Crippen LogP contribution in [0.4, 0.5) is 10.5 Å². The molecular weight excluding hydrogens is 274 g/mol. The molecule has 0 unspecified atom stereocenters. The molecule has 1 aliphatic carbocycles. The minimum absolute atomic E-state index is 0.0577. The molecule has 3 rings (SSSR count). The van der Waals surface area contributed by atoms with Crippen LogP contribution in [0, 0.1) is 0 Å². The van der Waals surface area contributed by atoms with Crippen LogP contribution in [0.5, 0.6) is 0 Å². The van der Waals surface area contributed by atoms with Gasteiger partial charge in [-0.25, -0.2) is 4.79 Å². The maximum atomic E-state index is 12.7. The summed E-state index contributed by atoms with van der Waals surface area (Å²) in [6.07, 6.45) is 4.74. The first-order valence-corrected chi connectivity index (χ1v) is 8.47. The summed E-state index contributed by atoms with van der Waals surface area (Å²) in [5.41, 5.74) is 8.57. The molecule has 1 aromatic rings. The molecule has 1 aromatic carbocycles. The predicted octanol–water partition coefficient (Wildman–Crippen LogP) is 3.11. The molecule has 0 atom stereocenters. The summed E-state index contributed by atoms with van der Waals surface area (Å²) in [7, 11) is 0. The van der Waals surface area contributed by atoms with E-state index in [1.807, 2.05) is 15.9 Å². The van der Waals surface area contributed by atoms with E-state index in [9.17, 15) is 4.79 Å². The monoisotopic (exact) mass is 301 g/mol. The third-order valence-corrected chi connectivity index (χ3v) is 5.38. The van der Waals surface area contributed by atoms with Gasteiger partial charge in [-0.05, 0) is 38.3 Å². The first kappa shape index (κ1) is 15.3. The topological polar surface area (TPSA) is 49.6 Å². The Morgan fingerprint density at radius 2 is 1.86 bits per heavy atom. The summed E-state index contributed by atoms with van der Waals surface area (Å²) in [5.74, 6) is 0. The van der Waals surface area contributed by atoms with Crippen LogP contribution in [0.2, 0.25) is 0 Å². The molecule has 22 heavy (non-hydrogen) atoms. The first-order chi connectivity index (χ1) is 10.6. The minimum atomic E-state index is 0.0577. The number of urea groups is 1. The fourth-order valence-electron chi connectivity index (χ4n) is 4.05. The predicted molar refractivity (Wildman–Crippen MR) is 90.2 cm³/mol. The molecule has 2 amide bonds. The van der Waals surface area contributed by atoms with Gasteiger partial charge in [-0.15, -0.1) is 0 Å². The Morgan fingerprint density at radius 1 is 1.18 bits per heavy atom. The Balaban J connectivity index is 1.97. The van der Waals surface area contributed by atoms with E-state index in [4.69, 9.17) is 5.73 Å². The van der Waals surface area contributed by atoms with E-state index in [2.05, 4.69) is 32.0 Å². The second kappa shape index (κ2) is 5.92. The fraction of sp³-hybridized carbons (Fsp3) is 0.611. The highest BCUT2D eigenvalue weighted by Crippen LogP contribution is 2.44. The maximum Gasteiger partial charge on any atom is 0.324 e. The van der Waals surface area contributed by atoms with Crippen LogP contribution in [0.25, 0.3) is 0 Å². The number of anilines is 1. The average Bonchev–Trinajstić information content (AvgIpc) is 3.14. The number of hydrogen-bond acceptors (Lipinski definition) is 2. The summed E-state index contributed by atoms with van der Waals surface area (Å²) in [5, 5.41) is 0. The van der Waals surface area contributed by atoms with E-state index in [0.717, 1.165) is 31.6 Å². The molecule has 1 saturated carbocycles. The lowest BCUT2D eigenvalue weighted by Gasteiger charge is -2.32. The number of nitrogens with zero attached hydrogens (tertiary/aromatic N) is 2. The zero-order valence-electron chi connectivity index (χ0n) is 13.7. The molecule has 2 aliphatic rings. The molecular formula is C18H27N3O. The SMILES string of the molecule is CC(C)N1CCN(c2ccccc2C2(CN)CCCC2)C1=O. The smallest absolute Gasteiger partial charge is 0.324 e. The zero-order valence-corrected chi connectivity index (χ0v) is 13.7. The number of hydrogen-bond donors (Lipinski definition) is 1. The maximum absolute atomic E-state index is 12.7. The van der Waals surface area contributed by atoms with Crippen molar-refractivity contribution in [1.82, 2.24) is 4.90 Å². The standard InChI is InChI=1S/C18H27N3O/c1-14(2)20-11-12-21(17(20)22)16-8-4-3-7-15(16)18(13-19)9-5-6-10-18/h3-4,7-8,14H,5-6,9-13,19H2,1-2H3. The molecule has 2 N–H and O–H groups in total. The van der Waals surface area contributed by atoms with E-state index >= 15 is 0 Å². The molecule has 1 aliphatic heterocycles. The summed E-state index contributed by atoms with van der Waals surface area (Å²) in [6.45, 7) is 6.40.